The first-order valence-electron chi connectivity index (χ1n) is 17.4. The molecule has 0 radical (unpaired) electrons. The molecule has 0 unspecified atom stereocenters. The molecule has 0 bridgehead atoms. The van der Waals surface area contributed by atoms with Crippen molar-refractivity contribution < 1.29 is 18.1 Å². The summed E-state index contributed by atoms with van der Waals surface area (Å²) in [4.78, 5) is 40.7. The Morgan fingerprint density at radius 3 is 1.68 bits per heavy atom. The molecule has 9 heterocycles. The molecule has 1 aliphatic rings. The summed E-state index contributed by atoms with van der Waals surface area (Å²) in [5, 5.41) is 9.06. The predicted molar refractivity (Wildman–Crippen MR) is 214 cm³/mol. The Kier molecular flexibility index (Phi) is 10.9. The van der Waals surface area contributed by atoms with E-state index in [9.17, 15) is 18.4 Å². The third-order valence-electron chi connectivity index (χ3n) is 9.45. The van der Waals surface area contributed by atoms with E-state index < -0.39 is 18.8 Å². The van der Waals surface area contributed by atoms with Crippen LogP contribution in [0.25, 0.3) is 34.0 Å². The molecule has 0 N–H and O–H groups in total. The number of aryl methyl sites for hydroxylation is 4. The third-order valence-corrected chi connectivity index (χ3v) is 9.64. The highest BCUT2D eigenvalue weighted by Gasteiger charge is 2.52. The van der Waals surface area contributed by atoms with E-state index in [4.69, 9.17) is 20.9 Å². The predicted octanol–water partition coefficient (Wildman–Crippen LogP) is 5.93. The smallest absolute Gasteiger partial charge is 0.398 e. The van der Waals surface area contributed by atoms with Crippen LogP contribution in [0.1, 0.15) is 57.6 Å². The van der Waals surface area contributed by atoms with Crippen molar-refractivity contribution in [1.29, 1.82) is 0 Å². The fraction of sp³-hybridized carbons (Fsp3) is 0.282. The van der Waals surface area contributed by atoms with E-state index in [2.05, 4.69) is 30.1 Å². The highest BCUT2D eigenvalue weighted by Crippen LogP contribution is 2.36. The molecular formula is C39H40BClF2N10O4. The second-order valence-corrected chi connectivity index (χ2v) is 14.8. The van der Waals surface area contributed by atoms with Crippen molar-refractivity contribution in [2.45, 2.75) is 74.0 Å². The van der Waals surface area contributed by atoms with E-state index >= 15 is 0 Å². The van der Waals surface area contributed by atoms with Crippen LogP contribution in [0, 0.1) is 39.3 Å². The fourth-order valence-corrected chi connectivity index (χ4v) is 6.17. The molecule has 57 heavy (non-hydrogen) atoms. The van der Waals surface area contributed by atoms with Crippen molar-refractivity contribution in [2.75, 3.05) is 0 Å². The van der Waals surface area contributed by atoms with E-state index in [0.29, 0.717) is 33.8 Å². The highest BCUT2D eigenvalue weighted by molar-refractivity contribution is 6.61. The van der Waals surface area contributed by atoms with Crippen molar-refractivity contribution in [2.24, 2.45) is 0 Å². The normalized spacial score (nSPS) is 14.3. The van der Waals surface area contributed by atoms with Gasteiger partial charge >= 0.3 is 7.12 Å². The monoisotopic (exact) mass is 796 g/mol. The number of halogens is 3. The Hall–Kier alpha value is -5.91. The summed E-state index contributed by atoms with van der Waals surface area (Å²) in [6, 6.07) is 12.6. The molecule has 9 rings (SSSR count). The number of imidazole rings is 2. The number of aromatic nitrogens is 10. The Labute approximate surface area is 330 Å². The van der Waals surface area contributed by atoms with Gasteiger partial charge in [-0.25, -0.2) is 37.7 Å². The Morgan fingerprint density at radius 2 is 1.12 bits per heavy atom. The molecule has 18 heteroatoms. The second-order valence-electron chi connectivity index (χ2n) is 14.4. The minimum Gasteiger partial charge on any atom is -0.398 e. The van der Waals surface area contributed by atoms with Gasteiger partial charge < -0.3 is 9.31 Å². The molecule has 294 valence electrons. The lowest BCUT2D eigenvalue weighted by Gasteiger charge is -2.32. The second kappa shape index (κ2) is 15.2. The van der Waals surface area contributed by atoms with Gasteiger partial charge in [0.15, 0.2) is 11.3 Å². The van der Waals surface area contributed by atoms with Gasteiger partial charge in [0.25, 0.3) is 11.1 Å². The van der Waals surface area contributed by atoms with Crippen molar-refractivity contribution in [3.63, 3.8) is 0 Å². The van der Waals surface area contributed by atoms with Crippen LogP contribution in [0.15, 0.2) is 82.9 Å². The molecule has 8 aromatic rings. The summed E-state index contributed by atoms with van der Waals surface area (Å²) in [6.07, 6.45) is 5.92. The number of rotatable bonds is 2. The summed E-state index contributed by atoms with van der Waals surface area (Å²) in [6.45, 7) is 15.3. The summed E-state index contributed by atoms with van der Waals surface area (Å²) in [5.41, 5.74) is 5.64. The molecule has 0 aliphatic carbocycles. The lowest BCUT2D eigenvalue weighted by Crippen LogP contribution is -2.41. The first-order chi connectivity index (χ1) is 26.4. The largest absolute Gasteiger partial charge is 0.516 e. The van der Waals surface area contributed by atoms with Gasteiger partial charge in [0, 0.05) is 24.5 Å². The fourth-order valence-electron chi connectivity index (χ4n) is 6.00. The number of hydrogen-bond acceptors (Lipinski definition) is 10. The molecular weight excluding hydrogens is 757 g/mol. The molecule has 0 aromatic carbocycles. The number of hydrogen-bond donors (Lipinski definition) is 0. The Bertz CT molecular complexity index is 2930. The van der Waals surface area contributed by atoms with Gasteiger partial charge in [-0.05, 0) is 103 Å². The highest BCUT2D eigenvalue weighted by atomic mass is 35.5. The van der Waals surface area contributed by atoms with Gasteiger partial charge in [-0.3, -0.25) is 18.4 Å². The molecule has 8 aromatic heterocycles. The van der Waals surface area contributed by atoms with Gasteiger partial charge in [0.1, 0.15) is 33.8 Å². The Morgan fingerprint density at radius 1 is 0.632 bits per heavy atom. The number of fused-ring (bicyclic) bond motifs is 4. The Balaban J connectivity index is 0.000000148. The van der Waals surface area contributed by atoms with E-state index in [0.717, 1.165) is 51.1 Å². The molecule has 0 atom stereocenters. The van der Waals surface area contributed by atoms with E-state index in [1.54, 1.807) is 35.1 Å². The van der Waals surface area contributed by atoms with Crippen molar-refractivity contribution in [1.82, 2.24) is 48.0 Å². The van der Waals surface area contributed by atoms with Crippen LogP contribution in [-0.2, 0) is 9.31 Å². The average Bonchev–Trinajstić information content (AvgIpc) is 3.75. The van der Waals surface area contributed by atoms with Gasteiger partial charge in [-0.15, -0.1) is 0 Å². The molecule has 1 fully saturated rings. The van der Waals surface area contributed by atoms with Gasteiger partial charge in [0.05, 0.1) is 46.3 Å². The topological polar surface area (TPSA) is 148 Å². The summed E-state index contributed by atoms with van der Waals surface area (Å²) in [7, 11) is -0.433. The molecule has 1 saturated heterocycles. The maximum absolute atomic E-state index is 13.5. The van der Waals surface area contributed by atoms with E-state index in [1.165, 1.54) is 22.6 Å². The molecule has 1 aliphatic heterocycles. The quantitative estimate of drug-likeness (QED) is 0.152. The van der Waals surface area contributed by atoms with Crippen LogP contribution in [0.4, 0.5) is 8.78 Å². The number of pyridine rings is 2. The zero-order chi connectivity index (χ0) is 40.3. The standard InChI is InChI=1S/C16H12FN5O.C13H18BN3O2.C9H6ClFN2O.CH4/c1-9-5-11(17)8-21-15(23)6-13(19-16(9)21)12-3-4-14-18-10(2)7-22(14)20-12;1-9-8-17-11(15-9)7-6-10(16-17)14-18-12(2,3)13(4,5)19-14;1-5-2-6(11)4-13-8(14)3-7(10)12-9(5)13;/h3-8H,1-2H3;6-8H,1-5H3;2-4H,1H3;1H4. The van der Waals surface area contributed by atoms with Gasteiger partial charge in [-0.2, -0.15) is 10.2 Å². The van der Waals surface area contributed by atoms with Crippen LogP contribution in [-0.4, -0.2) is 66.3 Å². The lowest BCUT2D eigenvalue weighted by atomic mass is 9.85. The molecule has 0 spiro atoms. The maximum atomic E-state index is 13.5. The van der Waals surface area contributed by atoms with Gasteiger partial charge in [-0.1, -0.05) is 19.0 Å². The molecule has 0 amide bonds. The minimum atomic E-state index is -0.472. The zero-order valence-corrected chi connectivity index (χ0v) is 32.5. The van der Waals surface area contributed by atoms with Crippen molar-refractivity contribution >= 4 is 46.9 Å². The number of nitrogens with zero attached hydrogens (tertiary/aromatic N) is 10. The summed E-state index contributed by atoms with van der Waals surface area (Å²) >= 11 is 5.62. The first-order valence-corrected chi connectivity index (χ1v) is 17.8. The summed E-state index contributed by atoms with van der Waals surface area (Å²) in [5.74, 6) is -0.943. The van der Waals surface area contributed by atoms with Crippen LogP contribution < -0.4 is 16.7 Å². The van der Waals surface area contributed by atoms with Crippen LogP contribution in [0.2, 0.25) is 5.15 Å². The zero-order valence-electron chi connectivity index (χ0n) is 31.7. The first kappa shape index (κ1) is 40.7. The van der Waals surface area contributed by atoms with Crippen LogP contribution in [0.3, 0.4) is 0 Å². The van der Waals surface area contributed by atoms with E-state index in [-0.39, 0.29) is 34.9 Å². The SMILES string of the molecule is C.Cc1cc(F)cn2c(=O)cc(Cl)nc12.Cc1cn2nc(-c3cc(=O)n4cc(F)cc(C)c4n3)ccc2n1.Cc1cn2nc(B3OC(C)(C)C(C)(C)O3)ccc2n1. The third kappa shape index (κ3) is 8.17. The molecule has 14 nitrogen and oxygen atoms in total. The maximum Gasteiger partial charge on any atom is 0.516 e. The van der Waals surface area contributed by atoms with E-state index in [1.807, 2.05) is 65.9 Å². The minimum absolute atomic E-state index is 0. The van der Waals surface area contributed by atoms with Crippen LogP contribution in [0.5, 0.6) is 0 Å². The summed E-state index contributed by atoms with van der Waals surface area (Å²) < 4.78 is 44.1. The molecule has 0 saturated carbocycles. The average molecular weight is 797 g/mol. The lowest BCUT2D eigenvalue weighted by molar-refractivity contribution is 0.00578. The van der Waals surface area contributed by atoms with Crippen LogP contribution >= 0.6 is 11.6 Å². The van der Waals surface area contributed by atoms with Gasteiger partial charge in [0.2, 0.25) is 0 Å². The van der Waals surface area contributed by atoms with Crippen molar-refractivity contribution in [3.05, 3.63) is 133 Å². The van der Waals surface area contributed by atoms with Crippen molar-refractivity contribution in [3.8, 4) is 11.4 Å².